The second kappa shape index (κ2) is 5.86. The average molecular weight is 201 g/mol. The van der Waals surface area contributed by atoms with E-state index < -0.39 is 12.2 Å². The molecule has 82 valence electrons. The van der Waals surface area contributed by atoms with E-state index in [0.717, 1.165) is 32.1 Å². The van der Waals surface area contributed by atoms with E-state index in [1.54, 1.807) is 0 Å². The van der Waals surface area contributed by atoms with Crippen LogP contribution in [0, 0.1) is 0 Å². The molecule has 0 aromatic rings. The molecule has 2 atom stereocenters. The van der Waals surface area contributed by atoms with E-state index in [-0.39, 0.29) is 6.10 Å². The summed E-state index contributed by atoms with van der Waals surface area (Å²) in [4.78, 5) is 11.2. The van der Waals surface area contributed by atoms with Crippen molar-refractivity contribution in [1.29, 1.82) is 0 Å². The molecule has 0 radical (unpaired) electrons. The molecule has 1 aliphatic rings. The number of hydrogen-bond acceptors (Lipinski definition) is 3. The number of aliphatic hydroxyl groups is 1. The zero-order chi connectivity index (χ0) is 10.4. The fourth-order valence-electron chi connectivity index (χ4n) is 1.59. The van der Waals surface area contributed by atoms with Crippen molar-refractivity contribution >= 4 is 6.09 Å². The highest BCUT2D eigenvalue weighted by molar-refractivity contribution is 5.67. The van der Waals surface area contributed by atoms with Crippen LogP contribution in [-0.4, -0.2) is 30.0 Å². The van der Waals surface area contributed by atoms with Gasteiger partial charge < -0.3 is 15.2 Å². The van der Waals surface area contributed by atoms with Crippen LogP contribution < -0.4 is 5.32 Å². The maximum atomic E-state index is 11.2. The Balaban J connectivity index is 2.13. The van der Waals surface area contributed by atoms with Crippen LogP contribution in [0.4, 0.5) is 4.79 Å². The van der Waals surface area contributed by atoms with Crippen LogP contribution in [-0.2, 0) is 4.74 Å². The normalized spacial score (nSPS) is 26.1. The van der Waals surface area contributed by atoms with Gasteiger partial charge in [0, 0.05) is 6.54 Å². The molecule has 4 heteroatoms. The molecular weight excluding hydrogens is 182 g/mol. The number of amides is 1. The third kappa shape index (κ3) is 3.54. The molecule has 14 heavy (non-hydrogen) atoms. The Kier molecular flexibility index (Phi) is 4.73. The summed E-state index contributed by atoms with van der Waals surface area (Å²) in [5, 5.41) is 12.1. The van der Waals surface area contributed by atoms with Crippen LogP contribution in [0.5, 0.6) is 0 Å². The fraction of sp³-hybridized carbons (Fsp3) is 0.900. The molecule has 0 spiro atoms. The lowest BCUT2D eigenvalue weighted by molar-refractivity contribution is 0.0224. The monoisotopic (exact) mass is 201 g/mol. The van der Waals surface area contributed by atoms with Gasteiger partial charge in [-0.3, -0.25) is 0 Å². The van der Waals surface area contributed by atoms with Gasteiger partial charge in [-0.1, -0.05) is 13.3 Å². The fourth-order valence-corrected chi connectivity index (χ4v) is 1.59. The summed E-state index contributed by atoms with van der Waals surface area (Å²) in [5.74, 6) is 0. The van der Waals surface area contributed by atoms with Crippen LogP contribution in [0.1, 0.15) is 39.0 Å². The van der Waals surface area contributed by atoms with Gasteiger partial charge in [-0.15, -0.1) is 0 Å². The molecule has 0 aromatic carbocycles. The van der Waals surface area contributed by atoms with Gasteiger partial charge in [-0.05, 0) is 25.7 Å². The lowest BCUT2D eigenvalue weighted by Crippen LogP contribution is -2.33. The number of nitrogens with one attached hydrogen (secondary N) is 1. The quantitative estimate of drug-likeness (QED) is 0.676. The zero-order valence-electron chi connectivity index (χ0n) is 8.66. The van der Waals surface area contributed by atoms with Crippen molar-refractivity contribution in [2.75, 3.05) is 6.54 Å². The van der Waals surface area contributed by atoms with Gasteiger partial charge in [-0.25, -0.2) is 4.79 Å². The van der Waals surface area contributed by atoms with Crippen LogP contribution in [0.2, 0.25) is 0 Å². The molecule has 0 aliphatic heterocycles. The highest BCUT2D eigenvalue weighted by Crippen LogP contribution is 2.21. The molecule has 1 rings (SSSR count). The lowest BCUT2D eigenvalue weighted by Gasteiger charge is -2.15. The minimum absolute atomic E-state index is 0.295. The Morgan fingerprint density at radius 3 is 2.93 bits per heavy atom. The Morgan fingerprint density at radius 2 is 2.36 bits per heavy atom. The third-order valence-electron chi connectivity index (χ3n) is 2.48. The number of hydrogen-bond donors (Lipinski definition) is 2. The van der Waals surface area contributed by atoms with Gasteiger partial charge in [-0.2, -0.15) is 0 Å². The van der Waals surface area contributed by atoms with Crippen LogP contribution in [0.25, 0.3) is 0 Å². The molecule has 1 saturated carbocycles. The molecule has 4 nitrogen and oxygen atoms in total. The number of carbonyl (C=O) groups is 1. The van der Waals surface area contributed by atoms with Crippen LogP contribution in [0.3, 0.4) is 0 Å². The molecule has 2 N–H and O–H groups in total. The molecule has 0 saturated heterocycles. The highest BCUT2D eigenvalue weighted by Gasteiger charge is 2.28. The number of aliphatic hydroxyl groups excluding tert-OH is 1. The van der Waals surface area contributed by atoms with E-state index in [0.29, 0.717) is 6.54 Å². The van der Waals surface area contributed by atoms with E-state index in [1.165, 1.54) is 0 Å². The number of alkyl carbamates (subject to hydrolysis) is 1. The van der Waals surface area contributed by atoms with Crippen molar-refractivity contribution in [2.45, 2.75) is 51.2 Å². The van der Waals surface area contributed by atoms with Crippen molar-refractivity contribution in [3.63, 3.8) is 0 Å². The third-order valence-corrected chi connectivity index (χ3v) is 2.48. The molecule has 0 heterocycles. The van der Waals surface area contributed by atoms with E-state index in [2.05, 4.69) is 12.2 Å². The summed E-state index contributed by atoms with van der Waals surface area (Å²) in [6, 6.07) is 0. The van der Waals surface area contributed by atoms with E-state index in [4.69, 9.17) is 4.74 Å². The average Bonchev–Trinajstić information content (AvgIpc) is 2.52. The summed E-state index contributed by atoms with van der Waals surface area (Å²) >= 11 is 0. The van der Waals surface area contributed by atoms with Crippen molar-refractivity contribution in [2.24, 2.45) is 0 Å². The molecule has 0 aromatic heterocycles. The number of carbonyl (C=O) groups excluding carboxylic acids is 1. The second-order valence-electron chi connectivity index (χ2n) is 3.72. The van der Waals surface area contributed by atoms with Gasteiger partial charge in [0.1, 0.15) is 6.10 Å². The lowest BCUT2D eigenvalue weighted by atomic mass is 10.3. The summed E-state index contributed by atoms with van der Waals surface area (Å²) in [5.41, 5.74) is 0. The minimum Gasteiger partial charge on any atom is -0.443 e. The number of unbranched alkanes of at least 4 members (excludes halogenated alkanes) is 1. The zero-order valence-corrected chi connectivity index (χ0v) is 8.66. The SMILES string of the molecule is CCCCNC(=O)O[C@H]1CCC[C@@H]1O. The minimum atomic E-state index is -0.466. The molecular formula is C10H19NO3. The first-order valence-corrected chi connectivity index (χ1v) is 5.36. The van der Waals surface area contributed by atoms with Gasteiger partial charge >= 0.3 is 6.09 Å². The summed E-state index contributed by atoms with van der Waals surface area (Å²) in [7, 11) is 0. The van der Waals surface area contributed by atoms with Crippen molar-refractivity contribution in [3.05, 3.63) is 0 Å². The molecule has 0 unspecified atom stereocenters. The van der Waals surface area contributed by atoms with E-state index in [1.807, 2.05) is 0 Å². The first-order valence-electron chi connectivity index (χ1n) is 5.36. The van der Waals surface area contributed by atoms with Crippen molar-refractivity contribution in [3.8, 4) is 0 Å². The largest absolute Gasteiger partial charge is 0.443 e. The van der Waals surface area contributed by atoms with Gasteiger partial charge in [0.2, 0.25) is 0 Å². The first kappa shape index (κ1) is 11.3. The maximum Gasteiger partial charge on any atom is 0.407 e. The first-order chi connectivity index (χ1) is 6.74. The van der Waals surface area contributed by atoms with E-state index >= 15 is 0 Å². The van der Waals surface area contributed by atoms with Gasteiger partial charge in [0.05, 0.1) is 6.10 Å². The topological polar surface area (TPSA) is 58.6 Å². The Bertz CT molecular complexity index is 184. The summed E-state index contributed by atoms with van der Waals surface area (Å²) in [6.45, 7) is 2.71. The van der Waals surface area contributed by atoms with Gasteiger partial charge in [0.25, 0.3) is 0 Å². The highest BCUT2D eigenvalue weighted by atomic mass is 16.6. The maximum absolute atomic E-state index is 11.2. The standard InChI is InChI=1S/C10H19NO3/c1-2-3-7-11-10(13)14-9-6-4-5-8(9)12/h8-9,12H,2-7H2,1H3,(H,11,13)/t8-,9-/m0/s1. The number of rotatable bonds is 4. The van der Waals surface area contributed by atoms with Crippen LogP contribution in [0.15, 0.2) is 0 Å². The Morgan fingerprint density at radius 1 is 1.57 bits per heavy atom. The summed E-state index contributed by atoms with van der Waals surface area (Å²) in [6.07, 6.45) is 3.31. The van der Waals surface area contributed by atoms with E-state index in [9.17, 15) is 9.90 Å². The molecule has 1 aliphatic carbocycles. The molecule has 1 fully saturated rings. The van der Waals surface area contributed by atoms with Crippen molar-refractivity contribution < 1.29 is 14.6 Å². The predicted octanol–water partition coefficient (Wildman–Crippen LogP) is 1.43. The number of ether oxygens (including phenoxy) is 1. The predicted molar refractivity (Wildman–Crippen MR) is 53.0 cm³/mol. The Hall–Kier alpha value is -0.770. The van der Waals surface area contributed by atoms with Crippen LogP contribution >= 0.6 is 0 Å². The smallest absolute Gasteiger partial charge is 0.407 e. The van der Waals surface area contributed by atoms with Crippen molar-refractivity contribution in [1.82, 2.24) is 5.32 Å². The summed E-state index contributed by atoms with van der Waals surface area (Å²) < 4.78 is 5.07. The molecule has 1 amide bonds. The van der Waals surface area contributed by atoms with Gasteiger partial charge in [0.15, 0.2) is 0 Å². The second-order valence-corrected chi connectivity index (χ2v) is 3.72. The molecule has 0 bridgehead atoms. The Labute approximate surface area is 84.6 Å².